The fourth-order valence-corrected chi connectivity index (χ4v) is 3.88. The van der Waals surface area contributed by atoms with E-state index in [4.69, 9.17) is 16.3 Å². The Labute approximate surface area is 200 Å². The number of benzene rings is 2. The van der Waals surface area contributed by atoms with Gasteiger partial charge in [-0.25, -0.2) is 9.78 Å². The highest BCUT2D eigenvalue weighted by molar-refractivity contribution is 6.34. The highest BCUT2D eigenvalue weighted by Gasteiger charge is 2.31. The molecule has 1 fully saturated rings. The largest absolute Gasteiger partial charge is 0.573 e. The van der Waals surface area contributed by atoms with Gasteiger partial charge >= 0.3 is 12.3 Å². The summed E-state index contributed by atoms with van der Waals surface area (Å²) in [5.41, 5.74) is 1.73. The van der Waals surface area contributed by atoms with Crippen LogP contribution in [0.1, 0.15) is 56.3 Å². The Kier molecular flexibility index (Phi) is 8.66. The van der Waals surface area contributed by atoms with Crippen LogP contribution in [0.2, 0.25) is 5.02 Å². The summed E-state index contributed by atoms with van der Waals surface area (Å²) in [5.74, 6) is 0.478. The molecular formula is C24H27ClF3N3O3. The number of fused-ring (bicyclic) bond motifs is 1. The summed E-state index contributed by atoms with van der Waals surface area (Å²) < 4.78 is 45.3. The Balaban J connectivity index is 0.000000396. The third-order valence-corrected chi connectivity index (χ3v) is 5.62. The van der Waals surface area contributed by atoms with Crippen LogP contribution in [0, 0.1) is 5.92 Å². The van der Waals surface area contributed by atoms with Gasteiger partial charge in [0.25, 0.3) is 0 Å². The second-order valence-electron chi connectivity index (χ2n) is 8.10. The third kappa shape index (κ3) is 7.55. The molecule has 0 aliphatic heterocycles. The first-order valence-electron chi connectivity index (χ1n) is 11.1. The zero-order valence-corrected chi connectivity index (χ0v) is 19.7. The average Bonchev–Trinajstić information content (AvgIpc) is 3.15. The summed E-state index contributed by atoms with van der Waals surface area (Å²) in [6.07, 6.45) is 2.69. The fourth-order valence-electron chi connectivity index (χ4n) is 3.64. The van der Waals surface area contributed by atoms with Crippen LogP contribution in [0.4, 0.5) is 24.8 Å². The third-order valence-electron chi connectivity index (χ3n) is 5.31. The maximum Gasteiger partial charge on any atom is 0.573 e. The maximum absolute atomic E-state index is 12.2. The molecule has 34 heavy (non-hydrogen) atoms. The molecule has 0 amide bonds. The van der Waals surface area contributed by atoms with Gasteiger partial charge in [0.15, 0.2) is 0 Å². The Morgan fingerprint density at radius 1 is 1.18 bits per heavy atom. The highest BCUT2D eigenvalue weighted by Crippen LogP contribution is 2.27. The minimum Gasteiger partial charge on any atom is -0.462 e. The Morgan fingerprint density at radius 3 is 2.41 bits per heavy atom. The van der Waals surface area contributed by atoms with E-state index in [1.165, 1.54) is 62.4 Å². The first-order chi connectivity index (χ1) is 16.1. The number of esters is 1. The molecule has 0 atom stereocenters. The number of alkyl halides is 3. The minimum absolute atomic E-state index is 0.192. The molecule has 184 valence electrons. The summed E-state index contributed by atoms with van der Waals surface area (Å²) in [4.78, 5) is 19.1. The number of halogens is 4. The lowest BCUT2D eigenvalue weighted by Gasteiger charge is -2.15. The summed E-state index contributed by atoms with van der Waals surface area (Å²) in [6.45, 7) is 4.26. The number of imidazole rings is 1. The summed E-state index contributed by atoms with van der Waals surface area (Å²) in [6, 6.07) is 8.21. The van der Waals surface area contributed by atoms with Crippen LogP contribution in [0.15, 0.2) is 36.4 Å². The number of H-pyrrole nitrogens is 1. The van der Waals surface area contributed by atoms with Crippen molar-refractivity contribution in [2.24, 2.45) is 5.92 Å². The van der Waals surface area contributed by atoms with Crippen molar-refractivity contribution < 1.29 is 27.4 Å². The van der Waals surface area contributed by atoms with E-state index in [-0.39, 0.29) is 22.9 Å². The Bertz CT molecular complexity index is 1090. The zero-order chi connectivity index (χ0) is 24.7. The van der Waals surface area contributed by atoms with Gasteiger partial charge in [-0.05, 0) is 49.2 Å². The number of anilines is 2. The van der Waals surface area contributed by atoms with Gasteiger partial charge in [-0.1, -0.05) is 50.6 Å². The van der Waals surface area contributed by atoms with E-state index < -0.39 is 12.3 Å². The number of hydrogen-bond acceptors (Lipinski definition) is 5. The molecule has 2 aromatic carbocycles. The van der Waals surface area contributed by atoms with E-state index >= 15 is 0 Å². The molecule has 0 unspecified atom stereocenters. The predicted octanol–water partition coefficient (Wildman–Crippen LogP) is 7.62. The number of ether oxygens (including phenoxy) is 2. The molecule has 1 aliphatic rings. The topological polar surface area (TPSA) is 76.2 Å². The second-order valence-corrected chi connectivity index (χ2v) is 8.50. The van der Waals surface area contributed by atoms with Crippen LogP contribution in [0.5, 0.6) is 5.75 Å². The summed E-state index contributed by atoms with van der Waals surface area (Å²) in [5, 5.41) is 3.13. The number of aromatic amines is 1. The van der Waals surface area contributed by atoms with Gasteiger partial charge in [0.2, 0.25) is 5.95 Å². The van der Waals surface area contributed by atoms with Gasteiger partial charge in [0.05, 0.1) is 28.2 Å². The van der Waals surface area contributed by atoms with Crippen molar-refractivity contribution in [1.82, 2.24) is 9.97 Å². The first kappa shape index (κ1) is 25.7. The quantitative estimate of drug-likeness (QED) is 0.354. The number of aromatic nitrogens is 2. The standard InChI is InChI=1S/C17H13ClF3N3O3.C7H14/c1-2-26-15(25)11-7-13-14(8-12(11)18)24-16(23-13)22-9-3-5-10(6-4-9)27-17(19,20)21;1-7-5-3-2-4-6-7/h3-8H,2H2,1H3,(H2,22,23,24);7H,2-6H2,1H3. The lowest BCUT2D eigenvalue weighted by Crippen LogP contribution is -2.16. The molecule has 1 heterocycles. The molecule has 1 aliphatic carbocycles. The average molecular weight is 498 g/mol. The molecule has 0 saturated heterocycles. The van der Waals surface area contributed by atoms with Crippen LogP contribution in [0.25, 0.3) is 11.0 Å². The van der Waals surface area contributed by atoms with Gasteiger partial charge in [-0.3, -0.25) is 0 Å². The Hall–Kier alpha value is -2.94. The van der Waals surface area contributed by atoms with Crippen molar-refractivity contribution in [1.29, 1.82) is 0 Å². The number of nitrogens with zero attached hydrogens (tertiary/aromatic N) is 1. The van der Waals surface area contributed by atoms with Crippen LogP contribution < -0.4 is 10.1 Å². The molecule has 6 nitrogen and oxygen atoms in total. The van der Waals surface area contributed by atoms with Gasteiger partial charge < -0.3 is 19.8 Å². The van der Waals surface area contributed by atoms with E-state index in [2.05, 4.69) is 26.9 Å². The van der Waals surface area contributed by atoms with Crippen LogP contribution in [-0.2, 0) is 4.74 Å². The van der Waals surface area contributed by atoms with E-state index in [0.717, 1.165) is 5.92 Å². The second kappa shape index (κ2) is 11.5. The van der Waals surface area contributed by atoms with Crippen LogP contribution >= 0.6 is 11.6 Å². The number of carbonyl (C=O) groups is 1. The SMILES string of the molecule is CC1CCCCC1.CCOC(=O)c1cc2nc(Nc3ccc(OC(F)(F)F)cc3)[nH]c2cc1Cl. The molecule has 1 aromatic heterocycles. The van der Waals surface area contributed by atoms with E-state index in [1.807, 2.05) is 0 Å². The fraction of sp³-hybridized carbons (Fsp3) is 0.417. The van der Waals surface area contributed by atoms with Gasteiger partial charge in [0.1, 0.15) is 5.75 Å². The number of hydrogen-bond donors (Lipinski definition) is 2. The summed E-state index contributed by atoms with van der Waals surface area (Å²) >= 11 is 6.10. The van der Waals surface area contributed by atoms with E-state index in [0.29, 0.717) is 22.7 Å². The molecule has 0 radical (unpaired) electrons. The monoisotopic (exact) mass is 497 g/mol. The summed E-state index contributed by atoms with van der Waals surface area (Å²) in [7, 11) is 0. The van der Waals surface area contributed by atoms with Crippen molar-refractivity contribution in [2.45, 2.75) is 52.3 Å². The van der Waals surface area contributed by atoms with Crippen molar-refractivity contribution in [3.05, 3.63) is 47.0 Å². The number of carbonyl (C=O) groups excluding carboxylic acids is 1. The van der Waals surface area contributed by atoms with Gasteiger partial charge in [0, 0.05) is 5.69 Å². The number of nitrogens with one attached hydrogen (secondary N) is 2. The molecule has 0 spiro atoms. The van der Waals surface area contributed by atoms with Crippen molar-refractivity contribution in [2.75, 3.05) is 11.9 Å². The molecule has 10 heteroatoms. The first-order valence-corrected chi connectivity index (χ1v) is 11.5. The molecule has 0 bridgehead atoms. The Morgan fingerprint density at radius 2 is 1.85 bits per heavy atom. The number of rotatable bonds is 5. The van der Waals surface area contributed by atoms with Crippen molar-refractivity contribution >= 4 is 40.2 Å². The van der Waals surface area contributed by atoms with E-state index in [9.17, 15) is 18.0 Å². The molecule has 1 saturated carbocycles. The van der Waals surface area contributed by atoms with Crippen molar-refractivity contribution in [3.8, 4) is 5.75 Å². The lowest BCUT2D eigenvalue weighted by atomic mass is 9.91. The van der Waals surface area contributed by atoms with E-state index in [1.54, 1.807) is 13.0 Å². The van der Waals surface area contributed by atoms with Crippen molar-refractivity contribution in [3.63, 3.8) is 0 Å². The van der Waals surface area contributed by atoms with Gasteiger partial charge in [-0.15, -0.1) is 13.2 Å². The zero-order valence-electron chi connectivity index (χ0n) is 19.0. The lowest BCUT2D eigenvalue weighted by molar-refractivity contribution is -0.274. The smallest absolute Gasteiger partial charge is 0.462 e. The maximum atomic E-state index is 12.2. The highest BCUT2D eigenvalue weighted by atomic mass is 35.5. The molecular weight excluding hydrogens is 471 g/mol. The van der Waals surface area contributed by atoms with Crippen LogP contribution in [-0.4, -0.2) is 28.9 Å². The molecule has 4 rings (SSSR count). The minimum atomic E-state index is -4.75. The van der Waals surface area contributed by atoms with Gasteiger partial charge in [-0.2, -0.15) is 0 Å². The van der Waals surface area contributed by atoms with Crippen LogP contribution in [0.3, 0.4) is 0 Å². The molecule has 2 N–H and O–H groups in total. The normalized spacial score (nSPS) is 14.3. The molecule has 3 aromatic rings. The predicted molar refractivity (Wildman–Crippen MR) is 126 cm³/mol.